The Morgan fingerprint density at radius 2 is 2.17 bits per heavy atom. The summed E-state index contributed by atoms with van der Waals surface area (Å²) in [4.78, 5) is 22.1. The van der Waals surface area contributed by atoms with Gasteiger partial charge in [0.2, 0.25) is 0 Å². The molecule has 2 heterocycles. The van der Waals surface area contributed by atoms with Gasteiger partial charge in [-0.05, 0) is 57.0 Å². The number of fused-ring (bicyclic) bond motifs is 1. The van der Waals surface area contributed by atoms with Crippen molar-refractivity contribution in [3.8, 4) is 0 Å². The summed E-state index contributed by atoms with van der Waals surface area (Å²) in [6.45, 7) is 6.92. The molecule has 0 saturated heterocycles. The van der Waals surface area contributed by atoms with Crippen molar-refractivity contribution < 1.29 is 9.53 Å². The van der Waals surface area contributed by atoms with E-state index in [0.29, 0.717) is 13.1 Å². The highest BCUT2D eigenvalue weighted by Gasteiger charge is 2.28. The number of carbonyl (C=O) groups excluding carboxylic acids is 1. The van der Waals surface area contributed by atoms with Gasteiger partial charge in [-0.3, -0.25) is 4.90 Å². The van der Waals surface area contributed by atoms with Gasteiger partial charge in [-0.25, -0.2) is 14.8 Å². The van der Waals surface area contributed by atoms with Crippen molar-refractivity contribution >= 4 is 17.5 Å². The van der Waals surface area contributed by atoms with Gasteiger partial charge in [0.1, 0.15) is 11.9 Å². The van der Waals surface area contributed by atoms with Gasteiger partial charge in [0, 0.05) is 18.4 Å². The average Bonchev–Trinajstić information content (AvgIpc) is 2.95. The zero-order valence-corrected chi connectivity index (χ0v) is 14.2. The lowest BCUT2D eigenvalue weighted by Crippen LogP contribution is -2.35. The van der Waals surface area contributed by atoms with E-state index in [2.05, 4.69) is 21.4 Å². The van der Waals surface area contributed by atoms with E-state index in [1.165, 1.54) is 0 Å². The third kappa shape index (κ3) is 3.82. The molecule has 0 fully saturated rings. The zero-order chi connectivity index (χ0) is 17.2. The van der Waals surface area contributed by atoms with E-state index in [-0.39, 0.29) is 6.09 Å². The summed E-state index contributed by atoms with van der Waals surface area (Å²) in [6, 6.07) is 7.91. The largest absolute Gasteiger partial charge is 0.443 e. The van der Waals surface area contributed by atoms with Crippen molar-refractivity contribution in [2.24, 2.45) is 0 Å². The van der Waals surface area contributed by atoms with Crippen molar-refractivity contribution in [3.05, 3.63) is 48.0 Å². The third-order valence-electron chi connectivity index (χ3n) is 3.71. The van der Waals surface area contributed by atoms with Gasteiger partial charge >= 0.3 is 6.09 Å². The van der Waals surface area contributed by atoms with E-state index in [1.54, 1.807) is 17.4 Å². The first-order valence-electron chi connectivity index (χ1n) is 8.04. The quantitative estimate of drug-likeness (QED) is 0.936. The maximum atomic E-state index is 12.3. The number of anilines is 2. The Morgan fingerprint density at radius 3 is 2.88 bits per heavy atom. The third-order valence-corrected chi connectivity index (χ3v) is 3.71. The molecule has 6 nitrogen and oxygen atoms in total. The summed E-state index contributed by atoms with van der Waals surface area (Å²) in [6.07, 6.45) is 3.81. The van der Waals surface area contributed by atoms with Crippen molar-refractivity contribution in [2.45, 2.75) is 39.3 Å². The Labute approximate surface area is 141 Å². The lowest BCUT2D eigenvalue weighted by Gasteiger charge is -2.24. The molecule has 0 unspecified atom stereocenters. The highest BCUT2D eigenvalue weighted by Crippen LogP contribution is 2.31. The van der Waals surface area contributed by atoms with E-state index in [4.69, 9.17) is 4.74 Å². The number of carbonyl (C=O) groups is 1. The molecule has 0 bridgehead atoms. The SMILES string of the molecule is CC(C)(C)OC(=O)N1CCc2cc(NCc3ccncn3)ccc21. The molecule has 1 amide bonds. The van der Waals surface area contributed by atoms with Crippen LogP contribution in [0, 0.1) is 0 Å². The Bertz CT molecular complexity index is 726. The maximum Gasteiger partial charge on any atom is 0.414 e. The van der Waals surface area contributed by atoms with Gasteiger partial charge in [-0.15, -0.1) is 0 Å². The first-order valence-corrected chi connectivity index (χ1v) is 8.04. The highest BCUT2D eigenvalue weighted by molar-refractivity contribution is 5.91. The molecule has 24 heavy (non-hydrogen) atoms. The molecule has 1 aromatic carbocycles. The van der Waals surface area contributed by atoms with E-state index >= 15 is 0 Å². The number of hydrogen-bond acceptors (Lipinski definition) is 5. The molecule has 126 valence electrons. The standard InChI is InChI=1S/C18H22N4O2/c1-18(2,3)24-17(23)22-9-7-13-10-14(4-5-16(13)22)20-11-15-6-8-19-12-21-15/h4-6,8,10,12,20H,7,9,11H2,1-3H3. The normalized spacial score (nSPS) is 13.5. The molecule has 0 atom stereocenters. The molecule has 3 rings (SSSR count). The second-order valence-corrected chi connectivity index (χ2v) is 6.78. The molecular weight excluding hydrogens is 304 g/mol. The smallest absolute Gasteiger partial charge is 0.414 e. The topological polar surface area (TPSA) is 67.3 Å². The second kappa shape index (κ2) is 6.47. The zero-order valence-electron chi connectivity index (χ0n) is 14.2. The summed E-state index contributed by atoms with van der Waals surface area (Å²) in [5.74, 6) is 0. The predicted molar refractivity (Wildman–Crippen MR) is 93.1 cm³/mol. The Balaban J connectivity index is 1.68. The van der Waals surface area contributed by atoms with Gasteiger partial charge in [0.05, 0.1) is 17.9 Å². The molecule has 0 saturated carbocycles. The number of benzene rings is 1. The number of hydrogen-bond donors (Lipinski definition) is 1. The van der Waals surface area contributed by atoms with Crippen LogP contribution in [0.4, 0.5) is 16.2 Å². The van der Waals surface area contributed by atoms with Crippen LogP contribution in [-0.2, 0) is 17.7 Å². The number of ether oxygens (including phenoxy) is 1. The summed E-state index contributed by atoms with van der Waals surface area (Å²) in [5, 5.41) is 3.35. The number of amides is 1. The minimum Gasteiger partial charge on any atom is -0.443 e. The van der Waals surface area contributed by atoms with Crippen LogP contribution in [0.1, 0.15) is 32.0 Å². The van der Waals surface area contributed by atoms with Crippen molar-refractivity contribution in [1.82, 2.24) is 9.97 Å². The summed E-state index contributed by atoms with van der Waals surface area (Å²) in [7, 11) is 0. The Kier molecular flexibility index (Phi) is 4.38. The molecular formula is C18H22N4O2. The van der Waals surface area contributed by atoms with Gasteiger partial charge in [-0.1, -0.05) is 0 Å². The van der Waals surface area contributed by atoms with E-state index < -0.39 is 5.60 Å². The van der Waals surface area contributed by atoms with Crippen LogP contribution in [0.5, 0.6) is 0 Å². The molecule has 2 aromatic rings. The van der Waals surface area contributed by atoms with Crippen LogP contribution in [0.2, 0.25) is 0 Å². The van der Waals surface area contributed by atoms with Crippen LogP contribution < -0.4 is 10.2 Å². The average molecular weight is 326 g/mol. The van der Waals surface area contributed by atoms with Crippen molar-refractivity contribution in [1.29, 1.82) is 0 Å². The fourth-order valence-corrected chi connectivity index (χ4v) is 2.63. The van der Waals surface area contributed by atoms with Crippen LogP contribution in [0.3, 0.4) is 0 Å². The highest BCUT2D eigenvalue weighted by atomic mass is 16.6. The van der Waals surface area contributed by atoms with E-state index in [9.17, 15) is 4.79 Å². The first kappa shape index (κ1) is 16.2. The number of rotatable bonds is 3. The summed E-state index contributed by atoms with van der Waals surface area (Å²) in [5.41, 5.74) is 3.53. The van der Waals surface area contributed by atoms with Gasteiger partial charge in [0.15, 0.2) is 0 Å². The van der Waals surface area contributed by atoms with Crippen LogP contribution >= 0.6 is 0 Å². The van der Waals surface area contributed by atoms with E-state index in [1.807, 2.05) is 39.0 Å². The van der Waals surface area contributed by atoms with Gasteiger partial charge in [-0.2, -0.15) is 0 Å². The number of nitrogens with one attached hydrogen (secondary N) is 1. The number of aromatic nitrogens is 2. The molecule has 1 aliphatic rings. The molecule has 1 aliphatic heterocycles. The fraction of sp³-hybridized carbons (Fsp3) is 0.389. The first-order chi connectivity index (χ1) is 11.4. The van der Waals surface area contributed by atoms with Gasteiger partial charge < -0.3 is 10.1 Å². The van der Waals surface area contributed by atoms with Crippen LogP contribution in [-0.4, -0.2) is 28.2 Å². The Morgan fingerprint density at radius 1 is 1.33 bits per heavy atom. The maximum absolute atomic E-state index is 12.3. The van der Waals surface area contributed by atoms with Crippen LogP contribution in [0.25, 0.3) is 0 Å². The molecule has 6 heteroatoms. The molecule has 0 aliphatic carbocycles. The van der Waals surface area contributed by atoms with Crippen molar-refractivity contribution in [2.75, 3.05) is 16.8 Å². The van der Waals surface area contributed by atoms with Gasteiger partial charge in [0.25, 0.3) is 0 Å². The molecule has 0 spiro atoms. The summed E-state index contributed by atoms with van der Waals surface area (Å²) >= 11 is 0. The van der Waals surface area contributed by atoms with Crippen LogP contribution in [0.15, 0.2) is 36.8 Å². The van der Waals surface area contributed by atoms with E-state index in [0.717, 1.165) is 29.1 Å². The fourth-order valence-electron chi connectivity index (χ4n) is 2.63. The second-order valence-electron chi connectivity index (χ2n) is 6.78. The summed E-state index contributed by atoms with van der Waals surface area (Å²) < 4.78 is 5.47. The Hall–Kier alpha value is -2.63. The minimum atomic E-state index is -0.487. The monoisotopic (exact) mass is 326 g/mol. The number of nitrogens with zero attached hydrogens (tertiary/aromatic N) is 3. The lowest BCUT2D eigenvalue weighted by molar-refractivity contribution is 0.0584. The minimum absolute atomic E-state index is 0.289. The molecule has 1 N–H and O–H groups in total. The molecule has 1 aromatic heterocycles. The van der Waals surface area contributed by atoms with Crippen molar-refractivity contribution in [3.63, 3.8) is 0 Å². The molecule has 0 radical (unpaired) electrons. The lowest BCUT2D eigenvalue weighted by atomic mass is 10.1. The predicted octanol–water partition coefficient (Wildman–Crippen LogP) is 3.39.